The SMILES string of the molecule is c1ccc(-c2nc(-c3ccccc3)nc(-c3cccc(-c4cccc5c4C4(c6ccccc6-c6ccccc64)c4ccccc4-5)c3)n2)cc1. The Kier molecular flexibility index (Phi) is 6.09. The topological polar surface area (TPSA) is 38.7 Å². The van der Waals surface area contributed by atoms with E-state index in [0.29, 0.717) is 17.5 Å². The highest BCUT2D eigenvalue weighted by Gasteiger charge is 2.52. The van der Waals surface area contributed by atoms with Crippen molar-refractivity contribution in [1.29, 1.82) is 0 Å². The summed E-state index contributed by atoms with van der Waals surface area (Å²) in [6.07, 6.45) is 0. The standard InChI is InChI=1S/C46H29N3/c1-3-15-30(16-4-1)43-47-44(31-17-5-2-6-18-31)49-45(48-43)33-20-13-19-32(29-33)34-24-14-25-38-37-23-9-12-28-41(37)46(42(34)38)39-26-10-7-21-35(39)36-22-8-11-27-40(36)46/h1-29H. The molecule has 10 rings (SSSR count). The molecule has 3 heteroatoms. The van der Waals surface area contributed by atoms with Gasteiger partial charge < -0.3 is 0 Å². The Morgan fingerprint density at radius 2 is 0.653 bits per heavy atom. The van der Waals surface area contributed by atoms with Gasteiger partial charge in [-0.1, -0.05) is 170 Å². The molecule has 0 N–H and O–H groups in total. The van der Waals surface area contributed by atoms with Crippen molar-refractivity contribution in [3.63, 3.8) is 0 Å². The fourth-order valence-corrected chi connectivity index (χ4v) is 8.16. The number of nitrogens with zero attached hydrogens (tertiary/aromatic N) is 3. The Bertz CT molecular complexity index is 2430. The van der Waals surface area contributed by atoms with E-state index in [0.717, 1.165) is 22.3 Å². The Morgan fingerprint density at radius 3 is 1.20 bits per heavy atom. The van der Waals surface area contributed by atoms with Crippen molar-refractivity contribution in [3.8, 4) is 67.5 Å². The second-order valence-corrected chi connectivity index (χ2v) is 12.7. The first-order valence-corrected chi connectivity index (χ1v) is 16.7. The van der Waals surface area contributed by atoms with Crippen LogP contribution in [-0.4, -0.2) is 15.0 Å². The number of aromatic nitrogens is 3. The zero-order valence-corrected chi connectivity index (χ0v) is 26.6. The third-order valence-electron chi connectivity index (χ3n) is 10.1. The maximum Gasteiger partial charge on any atom is 0.164 e. The lowest BCUT2D eigenvalue weighted by Crippen LogP contribution is -2.26. The third kappa shape index (κ3) is 4.06. The van der Waals surface area contributed by atoms with Gasteiger partial charge in [-0.3, -0.25) is 0 Å². The van der Waals surface area contributed by atoms with E-state index in [4.69, 9.17) is 15.0 Å². The number of benzene rings is 7. The second-order valence-electron chi connectivity index (χ2n) is 12.7. The van der Waals surface area contributed by atoms with Crippen LogP contribution in [0.2, 0.25) is 0 Å². The van der Waals surface area contributed by atoms with Gasteiger partial charge in [-0.15, -0.1) is 0 Å². The van der Waals surface area contributed by atoms with E-state index in [2.05, 4.69) is 115 Å². The summed E-state index contributed by atoms with van der Waals surface area (Å²) < 4.78 is 0. The van der Waals surface area contributed by atoms with E-state index in [1.807, 2.05) is 60.7 Å². The van der Waals surface area contributed by atoms with Crippen molar-refractivity contribution >= 4 is 0 Å². The molecule has 1 spiro atoms. The summed E-state index contributed by atoms with van der Waals surface area (Å²) in [5.74, 6) is 1.96. The van der Waals surface area contributed by atoms with Crippen LogP contribution in [-0.2, 0) is 5.41 Å². The monoisotopic (exact) mass is 623 g/mol. The summed E-state index contributed by atoms with van der Waals surface area (Å²) in [6.45, 7) is 0. The van der Waals surface area contributed by atoms with E-state index < -0.39 is 5.41 Å². The summed E-state index contributed by atoms with van der Waals surface area (Å²) in [5.41, 5.74) is 15.3. The Balaban J connectivity index is 1.21. The Morgan fingerprint density at radius 1 is 0.286 bits per heavy atom. The zero-order valence-electron chi connectivity index (χ0n) is 26.6. The van der Waals surface area contributed by atoms with Gasteiger partial charge in [0.2, 0.25) is 0 Å². The van der Waals surface area contributed by atoms with Crippen molar-refractivity contribution in [2.45, 2.75) is 5.41 Å². The van der Waals surface area contributed by atoms with Crippen LogP contribution < -0.4 is 0 Å². The number of hydrogen-bond donors (Lipinski definition) is 0. The molecule has 0 unspecified atom stereocenters. The number of hydrogen-bond acceptors (Lipinski definition) is 3. The minimum Gasteiger partial charge on any atom is -0.208 e. The average molecular weight is 624 g/mol. The summed E-state index contributed by atoms with van der Waals surface area (Å²) in [7, 11) is 0. The van der Waals surface area contributed by atoms with Gasteiger partial charge in [0.25, 0.3) is 0 Å². The van der Waals surface area contributed by atoms with Crippen LogP contribution >= 0.6 is 0 Å². The molecule has 2 aliphatic carbocycles. The van der Waals surface area contributed by atoms with Crippen molar-refractivity contribution in [2.24, 2.45) is 0 Å². The molecule has 0 fully saturated rings. The van der Waals surface area contributed by atoms with Crippen molar-refractivity contribution in [3.05, 3.63) is 198 Å². The largest absolute Gasteiger partial charge is 0.208 e. The van der Waals surface area contributed by atoms with Crippen LogP contribution in [0.4, 0.5) is 0 Å². The van der Waals surface area contributed by atoms with Crippen LogP contribution in [0.1, 0.15) is 22.3 Å². The quantitative estimate of drug-likeness (QED) is 0.196. The van der Waals surface area contributed by atoms with Crippen LogP contribution in [0.5, 0.6) is 0 Å². The van der Waals surface area contributed by atoms with Gasteiger partial charge in [-0.2, -0.15) is 0 Å². The summed E-state index contributed by atoms with van der Waals surface area (Å²) >= 11 is 0. The van der Waals surface area contributed by atoms with Gasteiger partial charge in [0.1, 0.15) is 0 Å². The minimum atomic E-state index is -0.431. The zero-order chi connectivity index (χ0) is 32.4. The maximum absolute atomic E-state index is 5.05. The highest BCUT2D eigenvalue weighted by molar-refractivity contribution is 5.98. The van der Waals surface area contributed by atoms with Crippen molar-refractivity contribution < 1.29 is 0 Å². The molecule has 0 radical (unpaired) electrons. The molecule has 7 aromatic carbocycles. The van der Waals surface area contributed by atoms with Crippen LogP contribution in [0.25, 0.3) is 67.5 Å². The summed E-state index contributed by atoms with van der Waals surface area (Å²) in [4.78, 5) is 15.0. The van der Waals surface area contributed by atoms with Gasteiger partial charge in [0.15, 0.2) is 17.5 Å². The average Bonchev–Trinajstić information content (AvgIpc) is 3.66. The minimum absolute atomic E-state index is 0.431. The van der Waals surface area contributed by atoms with E-state index in [1.54, 1.807) is 0 Å². The van der Waals surface area contributed by atoms with Gasteiger partial charge in [0.05, 0.1) is 5.41 Å². The van der Waals surface area contributed by atoms with Gasteiger partial charge >= 0.3 is 0 Å². The van der Waals surface area contributed by atoms with Crippen LogP contribution in [0.15, 0.2) is 176 Å². The fraction of sp³-hybridized carbons (Fsp3) is 0.0217. The fourth-order valence-electron chi connectivity index (χ4n) is 8.16. The molecule has 2 aliphatic rings. The molecule has 3 nitrogen and oxygen atoms in total. The second kappa shape index (κ2) is 10.8. The van der Waals surface area contributed by atoms with Gasteiger partial charge in [-0.05, 0) is 61.7 Å². The maximum atomic E-state index is 5.05. The van der Waals surface area contributed by atoms with Crippen molar-refractivity contribution in [2.75, 3.05) is 0 Å². The Hall–Kier alpha value is -6.45. The van der Waals surface area contributed by atoms with Crippen molar-refractivity contribution in [1.82, 2.24) is 15.0 Å². The highest BCUT2D eigenvalue weighted by atomic mass is 15.0. The molecule has 1 heterocycles. The molecule has 49 heavy (non-hydrogen) atoms. The molecule has 1 aromatic heterocycles. The van der Waals surface area contributed by atoms with Crippen LogP contribution in [0, 0.1) is 0 Å². The molecular formula is C46H29N3. The summed E-state index contributed by atoms with van der Waals surface area (Å²) in [6, 6.07) is 62.7. The molecule has 8 aromatic rings. The predicted molar refractivity (Wildman–Crippen MR) is 198 cm³/mol. The number of rotatable bonds is 4. The normalized spacial score (nSPS) is 13.1. The van der Waals surface area contributed by atoms with Gasteiger partial charge in [0, 0.05) is 16.7 Å². The lowest BCUT2D eigenvalue weighted by molar-refractivity contribution is 0.796. The number of fused-ring (bicyclic) bond motifs is 10. The lowest BCUT2D eigenvalue weighted by atomic mass is 9.68. The van der Waals surface area contributed by atoms with Crippen LogP contribution in [0.3, 0.4) is 0 Å². The van der Waals surface area contributed by atoms with E-state index in [9.17, 15) is 0 Å². The molecule has 0 atom stereocenters. The first kappa shape index (κ1) is 27.6. The molecule has 0 bridgehead atoms. The van der Waals surface area contributed by atoms with Gasteiger partial charge in [-0.25, -0.2) is 15.0 Å². The first-order valence-electron chi connectivity index (χ1n) is 16.7. The molecular weight excluding hydrogens is 595 g/mol. The van der Waals surface area contributed by atoms with E-state index >= 15 is 0 Å². The smallest absolute Gasteiger partial charge is 0.164 e. The van der Waals surface area contributed by atoms with E-state index in [-0.39, 0.29) is 0 Å². The molecule has 0 saturated heterocycles. The Labute approximate surface area is 285 Å². The first-order chi connectivity index (χ1) is 24.3. The highest BCUT2D eigenvalue weighted by Crippen LogP contribution is 2.64. The predicted octanol–water partition coefficient (Wildman–Crippen LogP) is 10.9. The third-order valence-corrected chi connectivity index (χ3v) is 10.1. The molecule has 0 aliphatic heterocycles. The molecule has 0 amide bonds. The summed E-state index contributed by atoms with van der Waals surface area (Å²) in [5, 5.41) is 0. The lowest BCUT2D eigenvalue weighted by Gasteiger charge is -2.32. The molecule has 228 valence electrons. The van der Waals surface area contributed by atoms with E-state index in [1.165, 1.54) is 50.1 Å². The molecule has 0 saturated carbocycles.